The molecule has 0 saturated heterocycles. The van der Waals surface area contributed by atoms with E-state index in [4.69, 9.17) is 4.74 Å². The molecule has 0 amide bonds. The molecule has 0 unspecified atom stereocenters. The Labute approximate surface area is 219 Å². The Morgan fingerprint density at radius 1 is 0.694 bits per heavy atom. The zero-order valence-electron chi connectivity index (χ0n) is 24.0. The zero-order chi connectivity index (χ0) is 27.7. The monoisotopic (exact) mass is 508 g/mol. The van der Waals surface area contributed by atoms with Gasteiger partial charge in [0.2, 0.25) is 0 Å². The second-order valence-corrected chi connectivity index (χ2v) is 11.3. The number of allylic oxidation sites excluding steroid dienone is 1. The van der Waals surface area contributed by atoms with E-state index in [9.17, 15) is 24.3 Å². The molecule has 0 radical (unpaired) electrons. The molecule has 1 atom stereocenters. The number of carbonyl (C=O) groups excluding carboxylic acids is 4. The van der Waals surface area contributed by atoms with E-state index >= 15 is 0 Å². The first kappa shape index (κ1) is 34.0. The predicted molar refractivity (Wildman–Crippen MR) is 144 cm³/mol. The van der Waals surface area contributed by atoms with Crippen LogP contribution >= 0.6 is 0 Å². The minimum Gasteiger partial charge on any atom is -0.480 e. The maximum atomic E-state index is 13.5. The topological polar surface area (TPSA) is 97.7 Å². The average Bonchev–Trinajstić information content (AvgIpc) is 2.79. The van der Waals surface area contributed by atoms with E-state index in [0.29, 0.717) is 37.5 Å². The largest absolute Gasteiger partial charge is 0.480 e. The summed E-state index contributed by atoms with van der Waals surface area (Å²) in [7, 11) is 0. The molecular formula is C30H52O6. The highest BCUT2D eigenvalue weighted by atomic mass is 16.6. The smallest absolute Gasteiger partial charge is 0.313 e. The number of hydrogen-bond donors (Lipinski definition) is 1. The van der Waals surface area contributed by atoms with Crippen LogP contribution < -0.4 is 0 Å². The van der Waals surface area contributed by atoms with E-state index in [1.807, 2.05) is 27.7 Å². The maximum absolute atomic E-state index is 13.5. The van der Waals surface area contributed by atoms with E-state index in [0.717, 1.165) is 25.7 Å². The standard InChI is InChI=1S/C30H52O6/c1-8-9-10-11-12-13-14-15-26(32)36-30(35)27(28(33)23(6)7)29(34)24(18-16-21(2)3)20-25(31)19-17-22(4)5/h21-24,35H,8-20H2,1-7H3/b30-27-/t24-/m1/s1. The third-order valence-corrected chi connectivity index (χ3v) is 6.36. The molecule has 0 bridgehead atoms. The number of ether oxygens (including phenoxy) is 1. The molecule has 36 heavy (non-hydrogen) atoms. The number of hydrogen-bond acceptors (Lipinski definition) is 6. The summed E-state index contributed by atoms with van der Waals surface area (Å²) in [4.78, 5) is 51.4. The molecule has 6 nitrogen and oxygen atoms in total. The van der Waals surface area contributed by atoms with Crippen molar-refractivity contribution in [1.82, 2.24) is 0 Å². The van der Waals surface area contributed by atoms with Crippen LogP contribution in [0.4, 0.5) is 0 Å². The molecule has 0 aromatic rings. The molecule has 0 rings (SSSR count). The number of carbonyl (C=O) groups is 4. The maximum Gasteiger partial charge on any atom is 0.313 e. The summed E-state index contributed by atoms with van der Waals surface area (Å²) in [6.45, 7) is 13.5. The third kappa shape index (κ3) is 15.2. The van der Waals surface area contributed by atoms with Crippen molar-refractivity contribution in [1.29, 1.82) is 0 Å². The van der Waals surface area contributed by atoms with Gasteiger partial charge in [-0.25, -0.2) is 0 Å². The lowest BCUT2D eigenvalue weighted by Gasteiger charge is -2.19. The summed E-state index contributed by atoms with van der Waals surface area (Å²) < 4.78 is 5.08. The Hall–Kier alpha value is -1.98. The average molecular weight is 509 g/mol. The first-order chi connectivity index (χ1) is 16.9. The fourth-order valence-electron chi connectivity index (χ4n) is 3.95. The SMILES string of the molecule is CCCCCCCCCC(=O)O/C(O)=C(/C(=O)C(C)C)C(=O)[C@H](CCC(C)C)CC(=O)CCC(C)C. The van der Waals surface area contributed by atoms with Crippen LogP contribution in [-0.4, -0.2) is 28.4 Å². The molecule has 0 heterocycles. The van der Waals surface area contributed by atoms with Crippen LogP contribution in [0.2, 0.25) is 0 Å². The van der Waals surface area contributed by atoms with Crippen LogP contribution in [0.1, 0.15) is 132 Å². The van der Waals surface area contributed by atoms with Gasteiger partial charge in [0.05, 0.1) is 0 Å². The molecule has 0 aliphatic carbocycles. The van der Waals surface area contributed by atoms with Gasteiger partial charge in [0, 0.05) is 31.1 Å². The van der Waals surface area contributed by atoms with E-state index in [2.05, 4.69) is 6.92 Å². The molecule has 1 N–H and O–H groups in total. The normalized spacial score (nSPS) is 13.2. The molecule has 0 aliphatic heterocycles. The highest BCUT2D eigenvalue weighted by Gasteiger charge is 2.34. The second kappa shape index (κ2) is 19.2. The molecule has 0 saturated carbocycles. The summed E-state index contributed by atoms with van der Waals surface area (Å²) in [5.41, 5.74) is -0.483. The molecule has 0 aliphatic rings. The van der Waals surface area contributed by atoms with Gasteiger partial charge in [0.15, 0.2) is 11.6 Å². The van der Waals surface area contributed by atoms with Crippen molar-refractivity contribution in [2.24, 2.45) is 23.7 Å². The van der Waals surface area contributed by atoms with Gasteiger partial charge < -0.3 is 9.84 Å². The fourth-order valence-corrected chi connectivity index (χ4v) is 3.95. The number of rotatable bonds is 21. The van der Waals surface area contributed by atoms with Crippen LogP contribution in [0.3, 0.4) is 0 Å². The number of unbranched alkanes of at least 4 members (excludes halogenated alkanes) is 6. The van der Waals surface area contributed by atoms with Crippen LogP contribution in [-0.2, 0) is 23.9 Å². The number of aliphatic hydroxyl groups excluding tert-OH is 1. The molecule has 0 aromatic carbocycles. The summed E-state index contributed by atoms with van der Waals surface area (Å²) in [6, 6.07) is 0. The molecule has 0 aromatic heterocycles. The van der Waals surface area contributed by atoms with Crippen molar-refractivity contribution in [3.05, 3.63) is 11.5 Å². The Morgan fingerprint density at radius 2 is 1.25 bits per heavy atom. The van der Waals surface area contributed by atoms with Gasteiger partial charge in [0.25, 0.3) is 5.95 Å². The summed E-state index contributed by atoms with van der Waals surface area (Å²) >= 11 is 0. The van der Waals surface area contributed by atoms with Gasteiger partial charge >= 0.3 is 5.97 Å². The molecule has 208 valence electrons. The minimum atomic E-state index is -0.921. The van der Waals surface area contributed by atoms with Gasteiger partial charge in [-0.15, -0.1) is 0 Å². The fraction of sp³-hybridized carbons (Fsp3) is 0.800. The van der Waals surface area contributed by atoms with Gasteiger partial charge in [-0.1, -0.05) is 93.4 Å². The Bertz CT molecular complexity index is 717. The molecule has 0 fully saturated rings. The van der Waals surface area contributed by atoms with Crippen molar-refractivity contribution >= 4 is 23.3 Å². The minimum absolute atomic E-state index is 0.0202. The predicted octanol–water partition coefficient (Wildman–Crippen LogP) is 7.68. The molecule has 6 heteroatoms. The van der Waals surface area contributed by atoms with Gasteiger partial charge in [0.1, 0.15) is 11.4 Å². The van der Waals surface area contributed by atoms with E-state index in [1.54, 1.807) is 13.8 Å². The van der Waals surface area contributed by atoms with E-state index in [1.165, 1.54) is 19.3 Å². The second-order valence-electron chi connectivity index (χ2n) is 11.3. The number of esters is 1. The van der Waals surface area contributed by atoms with Crippen molar-refractivity contribution < 1.29 is 29.0 Å². The summed E-state index contributed by atoms with van der Waals surface area (Å²) in [5, 5.41) is 10.6. The first-order valence-electron chi connectivity index (χ1n) is 14.1. The lowest BCUT2D eigenvalue weighted by molar-refractivity contribution is -0.144. The molecular weight excluding hydrogens is 456 g/mol. The lowest BCUT2D eigenvalue weighted by Crippen LogP contribution is -2.29. The van der Waals surface area contributed by atoms with Crippen LogP contribution in [0.25, 0.3) is 0 Å². The first-order valence-corrected chi connectivity index (χ1v) is 14.1. The summed E-state index contributed by atoms with van der Waals surface area (Å²) in [5.74, 6) is -3.41. The highest BCUT2D eigenvalue weighted by Crippen LogP contribution is 2.25. The number of ketones is 3. The van der Waals surface area contributed by atoms with Crippen molar-refractivity contribution in [2.75, 3.05) is 0 Å². The van der Waals surface area contributed by atoms with Crippen LogP contribution in [0, 0.1) is 23.7 Å². The van der Waals surface area contributed by atoms with Crippen LogP contribution in [0.15, 0.2) is 11.5 Å². The third-order valence-electron chi connectivity index (χ3n) is 6.36. The van der Waals surface area contributed by atoms with Crippen molar-refractivity contribution in [3.8, 4) is 0 Å². The van der Waals surface area contributed by atoms with Crippen molar-refractivity contribution in [2.45, 2.75) is 132 Å². The number of Topliss-reactive ketones (excluding diaryl/α,β-unsaturated/α-hetero) is 3. The lowest BCUT2D eigenvalue weighted by atomic mass is 9.83. The number of aliphatic hydroxyl groups is 1. The Kier molecular flexibility index (Phi) is 18.1. The van der Waals surface area contributed by atoms with Gasteiger partial charge in [-0.05, 0) is 31.1 Å². The zero-order valence-corrected chi connectivity index (χ0v) is 24.0. The van der Waals surface area contributed by atoms with Gasteiger partial charge in [-0.3, -0.25) is 19.2 Å². The quantitative estimate of drug-likeness (QED) is 0.0426. The van der Waals surface area contributed by atoms with Gasteiger partial charge in [-0.2, -0.15) is 0 Å². The Morgan fingerprint density at radius 3 is 1.78 bits per heavy atom. The Balaban J connectivity index is 5.50. The van der Waals surface area contributed by atoms with E-state index in [-0.39, 0.29) is 18.6 Å². The summed E-state index contributed by atoms with van der Waals surface area (Å²) in [6.07, 6.45) is 9.62. The molecule has 0 spiro atoms. The van der Waals surface area contributed by atoms with E-state index < -0.39 is 40.9 Å². The van der Waals surface area contributed by atoms with Crippen LogP contribution in [0.5, 0.6) is 0 Å². The highest BCUT2D eigenvalue weighted by molar-refractivity contribution is 6.22. The van der Waals surface area contributed by atoms with Crippen molar-refractivity contribution in [3.63, 3.8) is 0 Å².